The second-order valence-corrected chi connectivity index (χ2v) is 18.0. The van der Waals surface area contributed by atoms with Crippen LogP contribution in [0, 0.1) is 48.5 Å². The summed E-state index contributed by atoms with van der Waals surface area (Å²) in [5, 5.41) is 22.3. The first-order valence-corrected chi connectivity index (χ1v) is 24.2. The molecule has 0 radical (unpaired) electrons. The number of hydrogen-bond donors (Lipinski definition) is 3. The number of nitrogens with zero attached hydrogens (tertiary/aromatic N) is 6. The molecule has 0 bridgehead atoms. The Morgan fingerprint density at radius 1 is 0.472 bits per heavy atom. The van der Waals surface area contributed by atoms with Gasteiger partial charge in [0.15, 0.2) is 0 Å². The Labute approximate surface area is 424 Å². The van der Waals surface area contributed by atoms with E-state index in [2.05, 4.69) is 154 Å². The molecule has 72 heavy (non-hydrogen) atoms. The lowest BCUT2D eigenvalue weighted by Gasteiger charge is -1.99. The van der Waals surface area contributed by atoms with Gasteiger partial charge >= 0.3 is 0 Å². The van der Waals surface area contributed by atoms with Crippen LogP contribution < -0.4 is 5.73 Å². The second kappa shape index (κ2) is 25.2. The molecule has 0 aliphatic heterocycles. The number of rotatable bonds is 0. The molecule has 0 saturated heterocycles. The molecule has 0 aliphatic carbocycles. The van der Waals surface area contributed by atoms with Gasteiger partial charge in [-0.3, -0.25) is 4.98 Å². The molecular formula is C61H58N8O2S. The van der Waals surface area contributed by atoms with Gasteiger partial charge in [-0.2, -0.15) is 0 Å². The van der Waals surface area contributed by atoms with Crippen LogP contribution in [0.2, 0.25) is 0 Å². The van der Waals surface area contributed by atoms with Crippen molar-refractivity contribution in [3.05, 3.63) is 240 Å². The Hall–Kier alpha value is -8.80. The fraction of sp³-hybridized carbons (Fsp3) is 0.115. The van der Waals surface area contributed by atoms with Crippen LogP contribution >= 0.6 is 11.3 Å². The molecule has 0 fully saturated rings. The van der Waals surface area contributed by atoms with Crippen LogP contribution in [0.4, 0.5) is 5.95 Å². The summed E-state index contributed by atoms with van der Waals surface area (Å²) in [6.45, 7) is 14.4. The van der Waals surface area contributed by atoms with Gasteiger partial charge in [-0.1, -0.05) is 102 Å². The number of nitrogens with two attached hydrogens (primary N) is 1. The third-order valence-corrected chi connectivity index (χ3v) is 12.3. The lowest BCUT2D eigenvalue weighted by atomic mass is 10.1. The van der Waals surface area contributed by atoms with Crippen molar-refractivity contribution < 1.29 is 9.52 Å². The topological polar surface area (TPSA) is 153 Å². The van der Waals surface area contributed by atoms with Crippen molar-refractivity contribution in [3.8, 4) is 5.75 Å². The Kier molecular flexibility index (Phi) is 17.9. The molecule has 0 atom stereocenters. The minimum atomic E-state index is 0.325. The number of pyridine rings is 4. The van der Waals surface area contributed by atoms with E-state index in [1.807, 2.05) is 87.2 Å². The van der Waals surface area contributed by atoms with Gasteiger partial charge in [0, 0.05) is 71.1 Å². The highest BCUT2D eigenvalue weighted by atomic mass is 32.1. The first kappa shape index (κ1) is 51.1. The zero-order chi connectivity index (χ0) is 50.8. The fourth-order valence-electron chi connectivity index (χ4n) is 7.43. The average Bonchev–Trinajstić information content (AvgIpc) is 4.11. The van der Waals surface area contributed by atoms with Gasteiger partial charge < -0.3 is 20.2 Å². The summed E-state index contributed by atoms with van der Waals surface area (Å²) >= 11 is 1.70. The van der Waals surface area contributed by atoms with E-state index >= 15 is 0 Å². The molecule has 13 rings (SSSR count). The van der Waals surface area contributed by atoms with E-state index in [1.165, 1.54) is 65.5 Å². The highest BCUT2D eigenvalue weighted by Gasteiger charge is 2.00. The van der Waals surface area contributed by atoms with Crippen LogP contribution in [-0.2, 0) is 0 Å². The summed E-state index contributed by atoms with van der Waals surface area (Å²) in [5.41, 5.74) is 15.5. The number of aromatic nitrogens is 7. The quantitative estimate of drug-likeness (QED) is 0.135. The number of phenols is 1. The van der Waals surface area contributed by atoms with E-state index in [0.29, 0.717) is 11.7 Å². The Morgan fingerprint density at radius 2 is 1.10 bits per heavy atom. The molecule has 0 spiro atoms. The number of benzene rings is 5. The van der Waals surface area contributed by atoms with Crippen LogP contribution in [0.15, 0.2) is 205 Å². The van der Waals surface area contributed by atoms with Crippen LogP contribution in [-0.4, -0.2) is 40.0 Å². The molecule has 0 amide bonds. The Morgan fingerprint density at radius 3 is 1.79 bits per heavy atom. The van der Waals surface area contributed by atoms with Crippen molar-refractivity contribution in [2.24, 2.45) is 0 Å². The summed E-state index contributed by atoms with van der Waals surface area (Å²) in [5.74, 6) is 0.655. The number of aromatic hydroxyl groups is 1. The molecule has 8 heterocycles. The number of nitrogens with one attached hydrogen (secondary N) is 1. The first-order chi connectivity index (χ1) is 34.9. The van der Waals surface area contributed by atoms with Gasteiger partial charge in [-0.05, 0) is 157 Å². The smallest absolute Gasteiger partial charge is 0.226 e. The maximum atomic E-state index is 9.20. The van der Waals surface area contributed by atoms with E-state index < -0.39 is 0 Å². The second-order valence-electron chi connectivity index (χ2n) is 17.1. The monoisotopic (exact) mass is 966 g/mol. The predicted molar refractivity (Wildman–Crippen MR) is 301 cm³/mol. The van der Waals surface area contributed by atoms with Gasteiger partial charge in [-0.15, -0.1) is 11.3 Å². The summed E-state index contributed by atoms with van der Waals surface area (Å²) in [6.07, 6.45) is 16.1. The molecule has 360 valence electrons. The van der Waals surface area contributed by atoms with Crippen molar-refractivity contribution >= 4 is 82.0 Å². The number of fused-ring (bicyclic) bond motifs is 6. The molecule has 10 nitrogen and oxygen atoms in total. The fourth-order valence-corrected chi connectivity index (χ4v) is 8.32. The number of nitrogen functional groups attached to an aromatic ring is 1. The number of hydrogen-bond acceptors (Lipinski definition) is 10. The van der Waals surface area contributed by atoms with Gasteiger partial charge in [0.1, 0.15) is 16.2 Å². The molecular weight excluding hydrogens is 909 g/mol. The number of H-pyrrole nitrogens is 1. The Bertz CT molecular complexity index is 3540. The summed E-state index contributed by atoms with van der Waals surface area (Å²) in [6, 6.07) is 46.8. The molecule has 0 unspecified atom stereocenters. The van der Waals surface area contributed by atoms with E-state index in [4.69, 9.17) is 10.2 Å². The SMILES string of the molecule is Cc1c[nH]c2ncccc12.Cc1ccc2cc(O)ccc2c1.Cc1ccc2ccccc2c1.Cc1cccc2cnccc12.Cc1cnc(N)nc1.Cc1coc2ncccc12.Cc1csc2ncccc12. The first-order valence-electron chi connectivity index (χ1n) is 23.4. The highest BCUT2D eigenvalue weighted by molar-refractivity contribution is 7.16. The predicted octanol–water partition coefficient (Wildman–Crippen LogP) is 15.5. The number of furan rings is 1. The third kappa shape index (κ3) is 14.4. The number of aromatic amines is 1. The van der Waals surface area contributed by atoms with Gasteiger partial charge in [-0.25, -0.2) is 24.9 Å². The standard InChI is InChI=1S/C11H10O.C11H10.C10H9N.C8H8N2.C8H7NO.C8H7NS.C5H7N3/c1-8-2-3-10-7-11(12)5-4-9(10)6-8;1-9-6-7-10-4-2-3-5-11(10)8-9;1-8-3-2-4-9-7-11-6-5-10(8)9;3*1-6-5-10-8-7(6)3-2-4-9-8;1-4-2-7-5(6)8-3-4/h2-7,12H,1H3;2-8H,1H3;2-7H,1H3;2-5H,1H3,(H,9,10);2*2-5H,1H3;2-3H,1H3,(H2,6,7,8). The van der Waals surface area contributed by atoms with E-state index in [-0.39, 0.29) is 0 Å². The number of anilines is 1. The van der Waals surface area contributed by atoms with E-state index in [1.54, 1.807) is 54.5 Å². The van der Waals surface area contributed by atoms with Gasteiger partial charge in [0.05, 0.1) is 6.26 Å². The van der Waals surface area contributed by atoms with Crippen molar-refractivity contribution in [3.63, 3.8) is 0 Å². The third-order valence-electron chi connectivity index (χ3n) is 11.3. The highest BCUT2D eigenvalue weighted by Crippen LogP contribution is 2.23. The number of thiophene rings is 1. The minimum absolute atomic E-state index is 0.325. The van der Waals surface area contributed by atoms with Crippen LogP contribution in [0.3, 0.4) is 0 Å². The van der Waals surface area contributed by atoms with Crippen LogP contribution in [0.5, 0.6) is 5.75 Å². The molecule has 4 N–H and O–H groups in total. The molecule has 11 heteroatoms. The van der Waals surface area contributed by atoms with Crippen LogP contribution in [0.1, 0.15) is 38.9 Å². The van der Waals surface area contributed by atoms with Gasteiger partial charge in [0.25, 0.3) is 0 Å². The zero-order valence-electron chi connectivity index (χ0n) is 41.6. The summed E-state index contributed by atoms with van der Waals surface area (Å²) in [4.78, 5) is 28.2. The lowest BCUT2D eigenvalue weighted by molar-refractivity contribution is 0.476. The maximum absolute atomic E-state index is 9.20. The normalized spacial score (nSPS) is 10.3. The molecule has 13 aromatic rings. The molecule has 0 saturated carbocycles. The van der Waals surface area contributed by atoms with E-state index in [9.17, 15) is 5.11 Å². The Balaban J connectivity index is 0.000000124. The van der Waals surface area contributed by atoms with Crippen molar-refractivity contribution in [2.45, 2.75) is 48.5 Å². The van der Waals surface area contributed by atoms with Crippen LogP contribution in [0.25, 0.3) is 64.7 Å². The number of phenolic OH excluding ortho intramolecular Hbond substituents is 1. The van der Waals surface area contributed by atoms with Crippen molar-refractivity contribution in [1.82, 2.24) is 34.9 Å². The average molecular weight is 967 g/mol. The van der Waals surface area contributed by atoms with E-state index in [0.717, 1.165) is 38.1 Å². The van der Waals surface area contributed by atoms with Gasteiger partial charge in [0.2, 0.25) is 11.7 Å². The molecule has 0 aliphatic rings. The summed E-state index contributed by atoms with van der Waals surface area (Å²) in [7, 11) is 0. The summed E-state index contributed by atoms with van der Waals surface area (Å²) < 4.78 is 5.14. The maximum Gasteiger partial charge on any atom is 0.226 e. The zero-order valence-corrected chi connectivity index (χ0v) is 42.4. The lowest BCUT2D eigenvalue weighted by Crippen LogP contribution is -1.92. The molecule has 8 aromatic heterocycles. The van der Waals surface area contributed by atoms with Crippen molar-refractivity contribution in [2.75, 3.05) is 5.73 Å². The largest absolute Gasteiger partial charge is 0.508 e. The number of aryl methyl sites for hydroxylation is 7. The minimum Gasteiger partial charge on any atom is -0.508 e. The van der Waals surface area contributed by atoms with Crippen molar-refractivity contribution in [1.29, 1.82) is 0 Å². The molecule has 5 aromatic carbocycles.